The normalized spacial score (nSPS) is 18.6. The first-order valence-corrected chi connectivity index (χ1v) is 7.34. The van der Waals surface area contributed by atoms with E-state index in [1.165, 1.54) is 34.6 Å². The van der Waals surface area contributed by atoms with Gasteiger partial charge in [0, 0.05) is 17.4 Å². The number of amides is 1. The lowest BCUT2D eigenvalue weighted by molar-refractivity contribution is -0.122. The number of rotatable bonds is 3. The molecule has 0 atom stereocenters. The van der Waals surface area contributed by atoms with Gasteiger partial charge >= 0.3 is 0 Å². The molecule has 1 aliphatic heterocycles. The van der Waals surface area contributed by atoms with Gasteiger partial charge in [0.15, 0.2) is 0 Å². The largest absolute Gasteiger partial charge is 0.352 e. The van der Waals surface area contributed by atoms with E-state index in [0.717, 1.165) is 12.8 Å². The first kappa shape index (κ1) is 11.1. The minimum Gasteiger partial charge on any atom is -0.352 e. The second-order valence-corrected chi connectivity index (χ2v) is 6.02. The Kier molecular flexibility index (Phi) is 3.10. The predicted octanol–water partition coefficient (Wildman–Crippen LogP) is 2.75. The number of aryl methyl sites for hydroxylation is 1. The maximum atomic E-state index is 11.6. The van der Waals surface area contributed by atoms with Crippen molar-refractivity contribution in [3.8, 4) is 0 Å². The van der Waals surface area contributed by atoms with Gasteiger partial charge in [-0.15, -0.1) is 11.8 Å². The van der Waals surface area contributed by atoms with Crippen LogP contribution in [0.5, 0.6) is 0 Å². The van der Waals surface area contributed by atoms with Crippen LogP contribution in [-0.4, -0.2) is 11.7 Å². The summed E-state index contributed by atoms with van der Waals surface area (Å²) >= 11 is 1.95. The fourth-order valence-corrected chi connectivity index (χ4v) is 3.22. The van der Waals surface area contributed by atoms with Gasteiger partial charge in [0.2, 0.25) is 5.91 Å². The van der Waals surface area contributed by atoms with E-state index in [9.17, 15) is 4.79 Å². The molecule has 1 aromatic rings. The van der Waals surface area contributed by atoms with Gasteiger partial charge < -0.3 is 5.32 Å². The highest BCUT2D eigenvalue weighted by Gasteiger charge is 2.29. The van der Waals surface area contributed by atoms with Gasteiger partial charge in [-0.25, -0.2) is 0 Å². The smallest absolute Gasteiger partial charge is 0.223 e. The van der Waals surface area contributed by atoms with Crippen molar-refractivity contribution in [1.29, 1.82) is 0 Å². The summed E-state index contributed by atoms with van der Waals surface area (Å²) < 4.78 is 0. The minimum absolute atomic E-state index is 0.233. The van der Waals surface area contributed by atoms with Gasteiger partial charge in [0.25, 0.3) is 0 Å². The Balaban J connectivity index is 1.64. The number of nitrogens with one attached hydrogen (secondary N) is 1. The average molecular weight is 247 g/mol. The van der Waals surface area contributed by atoms with Crippen LogP contribution < -0.4 is 5.32 Å². The van der Waals surface area contributed by atoms with Crippen molar-refractivity contribution >= 4 is 17.7 Å². The van der Waals surface area contributed by atoms with Crippen molar-refractivity contribution in [2.24, 2.45) is 5.92 Å². The zero-order valence-corrected chi connectivity index (χ0v) is 10.7. The Morgan fingerprint density at radius 2 is 2.29 bits per heavy atom. The molecular weight excluding hydrogens is 230 g/mol. The van der Waals surface area contributed by atoms with Crippen LogP contribution in [0.3, 0.4) is 0 Å². The lowest BCUT2D eigenvalue weighted by atomic mass is 10.1. The summed E-state index contributed by atoms with van der Waals surface area (Å²) in [5, 5.41) is 3.02. The summed E-state index contributed by atoms with van der Waals surface area (Å²) in [5.74, 6) is 1.78. The quantitative estimate of drug-likeness (QED) is 0.890. The molecule has 0 aromatic heterocycles. The third kappa shape index (κ3) is 2.65. The van der Waals surface area contributed by atoms with Crippen LogP contribution in [0.2, 0.25) is 0 Å². The molecule has 1 fully saturated rings. The van der Waals surface area contributed by atoms with Crippen molar-refractivity contribution < 1.29 is 4.79 Å². The van der Waals surface area contributed by atoms with Crippen LogP contribution in [-0.2, 0) is 17.8 Å². The SMILES string of the molecule is O=C(NCc1ccc2c(c1)CCCS2)C1CC1. The van der Waals surface area contributed by atoms with Gasteiger partial charge in [-0.05, 0) is 48.6 Å². The summed E-state index contributed by atoms with van der Waals surface area (Å²) in [6.45, 7) is 0.688. The van der Waals surface area contributed by atoms with Crippen LogP contribution >= 0.6 is 11.8 Å². The third-order valence-corrected chi connectivity index (χ3v) is 4.59. The highest BCUT2D eigenvalue weighted by molar-refractivity contribution is 7.99. The van der Waals surface area contributed by atoms with E-state index in [1.54, 1.807) is 0 Å². The van der Waals surface area contributed by atoms with E-state index in [0.29, 0.717) is 12.5 Å². The van der Waals surface area contributed by atoms with E-state index in [1.807, 2.05) is 11.8 Å². The number of carbonyl (C=O) groups excluding carboxylic acids is 1. The molecule has 1 saturated carbocycles. The van der Waals surface area contributed by atoms with Crippen LogP contribution in [0.25, 0.3) is 0 Å². The molecule has 0 bridgehead atoms. The van der Waals surface area contributed by atoms with Gasteiger partial charge in [-0.1, -0.05) is 12.1 Å². The standard InChI is InChI=1S/C14H17NOS/c16-14(11-4-5-11)15-9-10-3-6-13-12(8-10)2-1-7-17-13/h3,6,8,11H,1-2,4-5,7,9H2,(H,15,16). The van der Waals surface area contributed by atoms with Crippen LogP contribution in [0.4, 0.5) is 0 Å². The second-order valence-electron chi connectivity index (χ2n) is 4.89. The van der Waals surface area contributed by atoms with Crippen LogP contribution in [0.15, 0.2) is 23.1 Å². The van der Waals surface area contributed by atoms with Crippen molar-refractivity contribution in [3.05, 3.63) is 29.3 Å². The molecule has 2 aliphatic rings. The molecule has 90 valence electrons. The third-order valence-electron chi connectivity index (χ3n) is 3.39. The monoisotopic (exact) mass is 247 g/mol. The number of carbonyl (C=O) groups is 1. The van der Waals surface area contributed by atoms with Crippen LogP contribution in [0.1, 0.15) is 30.4 Å². The van der Waals surface area contributed by atoms with Crippen molar-refractivity contribution in [1.82, 2.24) is 5.32 Å². The van der Waals surface area contributed by atoms with Gasteiger partial charge in [-0.2, -0.15) is 0 Å². The molecule has 1 aromatic carbocycles. The zero-order chi connectivity index (χ0) is 11.7. The molecule has 17 heavy (non-hydrogen) atoms. The molecule has 3 rings (SSSR count). The average Bonchev–Trinajstić information content (AvgIpc) is 3.20. The molecule has 0 saturated heterocycles. The molecule has 1 amide bonds. The van der Waals surface area contributed by atoms with Crippen LogP contribution in [0, 0.1) is 5.92 Å². The molecule has 3 heteroatoms. The molecule has 2 nitrogen and oxygen atoms in total. The molecule has 0 radical (unpaired) electrons. The number of thioether (sulfide) groups is 1. The van der Waals surface area contributed by atoms with E-state index in [4.69, 9.17) is 0 Å². The Morgan fingerprint density at radius 3 is 3.12 bits per heavy atom. The summed E-state index contributed by atoms with van der Waals surface area (Å²) in [6, 6.07) is 6.61. The van der Waals surface area contributed by atoms with Crippen molar-refractivity contribution in [2.75, 3.05) is 5.75 Å². The summed E-state index contributed by atoms with van der Waals surface area (Å²) in [7, 11) is 0. The lowest BCUT2D eigenvalue weighted by Gasteiger charge is -2.16. The summed E-state index contributed by atoms with van der Waals surface area (Å²) in [5.41, 5.74) is 2.69. The first-order valence-electron chi connectivity index (χ1n) is 6.35. The minimum atomic E-state index is 0.233. The van der Waals surface area contributed by atoms with Gasteiger partial charge in [0.05, 0.1) is 0 Å². The van der Waals surface area contributed by atoms with E-state index >= 15 is 0 Å². The van der Waals surface area contributed by atoms with E-state index in [2.05, 4.69) is 23.5 Å². The fraction of sp³-hybridized carbons (Fsp3) is 0.500. The lowest BCUT2D eigenvalue weighted by Crippen LogP contribution is -2.24. The maximum Gasteiger partial charge on any atom is 0.223 e. The predicted molar refractivity (Wildman–Crippen MR) is 70.1 cm³/mol. The fourth-order valence-electron chi connectivity index (χ4n) is 2.20. The zero-order valence-electron chi connectivity index (χ0n) is 9.87. The Morgan fingerprint density at radius 1 is 1.41 bits per heavy atom. The van der Waals surface area contributed by atoms with Gasteiger partial charge in [0.1, 0.15) is 0 Å². The number of fused-ring (bicyclic) bond motifs is 1. The Bertz CT molecular complexity index is 440. The second kappa shape index (κ2) is 4.73. The van der Waals surface area contributed by atoms with Crippen molar-refractivity contribution in [2.45, 2.75) is 37.1 Å². The number of benzene rings is 1. The number of hydrogen-bond acceptors (Lipinski definition) is 2. The molecule has 1 N–H and O–H groups in total. The highest BCUT2D eigenvalue weighted by Crippen LogP contribution is 2.31. The Labute approximate surface area is 106 Å². The molecule has 0 spiro atoms. The number of hydrogen-bond donors (Lipinski definition) is 1. The van der Waals surface area contributed by atoms with E-state index in [-0.39, 0.29) is 5.91 Å². The highest BCUT2D eigenvalue weighted by atomic mass is 32.2. The molecular formula is C14H17NOS. The molecule has 1 heterocycles. The maximum absolute atomic E-state index is 11.6. The van der Waals surface area contributed by atoms with Gasteiger partial charge in [-0.3, -0.25) is 4.79 Å². The topological polar surface area (TPSA) is 29.1 Å². The van der Waals surface area contributed by atoms with E-state index < -0.39 is 0 Å². The molecule has 0 unspecified atom stereocenters. The summed E-state index contributed by atoms with van der Waals surface area (Å²) in [6.07, 6.45) is 4.61. The summed E-state index contributed by atoms with van der Waals surface area (Å²) in [4.78, 5) is 13.0. The molecule has 1 aliphatic carbocycles. The van der Waals surface area contributed by atoms with Crippen molar-refractivity contribution in [3.63, 3.8) is 0 Å². The Hall–Kier alpha value is -0.960. The first-order chi connectivity index (χ1) is 8.33.